The standard InChI is InChI=1S/C17H14Cl2N4O7/c18-11-3-4-15(14(19)8-11)30-5-1-2-16(24)20-21-17(25)10-6-12(22(26)27)9-13(7-10)23(28)29/h3-4,6-9H,1-2,5H2,(H,20,24)(H,21,25). The molecule has 2 rings (SSSR count). The summed E-state index contributed by atoms with van der Waals surface area (Å²) in [7, 11) is 0. The fourth-order valence-electron chi connectivity index (χ4n) is 2.21. The number of nitro groups is 2. The SMILES string of the molecule is O=C(CCCOc1ccc(Cl)cc1Cl)NNC(=O)c1cc([N+](=O)[O-])cc([N+](=O)[O-])c1. The molecule has 0 atom stereocenters. The average Bonchev–Trinajstić information content (AvgIpc) is 2.70. The van der Waals surface area contributed by atoms with Crippen molar-refractivity contribution in [2.24, 2.45) is 0 Å². The number of carbonyl (C=O) groups is 2. The van der Waals surface area contributed by atoms with E-state index in [1.54, 1.807) is 12.1 Å². The molecule has 0 aliphatic rings. The molecule has 0 spiro atoms. The molecular weight excluding hydrogens is 443 g/mol. The molecule has 30 heavy (non-hydrogen) atoms. The highest BCUT2D eigenvalue weighted by molar-refractivity contribution is 6.35. The van der Waals surface area contributed by atoms with Crippen LogP contribution in [-0.2, 0) is 4.79 Å². The van der Waals surface area contributed by atoms with Crippen LogP contribution in [0.5, 0.6) is 5.75 Å². The van der Waals surface area contributed by atoms with Gasteiger partial charge in [0, 0.05) is 23.6 Å². The molecule has 0 fully saturated rings. The van der Waals surface area contributed by atoms with Crippen LogP contribution in [0.1, 0.15) is 23.2 Å². The molecule has 11 nitrogen and oxygen atoms in total. The van der Waals surface area contributed by atoms with Crippen molar-refractivity contribution in [3.8, 4) is 5.75 Å². The Morgan fingerprint density at radius 3 is 2.17 bits per heavy atom. The number of hydrazine groups is 1. The van der Waals surface area contributed by atoms with Gasteiger partial charge in [-0.2, -0.15) is 0 Å². The molecule has 2 amide bonds. The highest BCUT2D eigenvalue weighted by Gasteiger charge is 2.20. The molecule has 0 radical (unpaired) electrons. The van der Waals surface area contributed by atoms with Crippen molar-refractivity contribution >= 4 is 46.4 Å². The minimum atomic E-state index is -0.945. The number of nitrogens with one attached hydrogen (secondary N) is 2. The minimum Gasteiger partial charge on any atom is -0.492 e. The third-order valence-corrected chi connectivity index (χ3v) is 4.13. The zero-order valence-electron chi connectivity index (χ0n) is 15.1. The lowest BCUT2D eigenvalue weighted by Crippen LogP contribution is -2.41. The van der Waals surface area contributed by atoms with Gasteiger partial charge in [-0.05, 0) is 24.6 Å². The molecule has 158 valence electrons. The molecule has 0 heterocycles. The molecule has 0 bridgehead atoms. The maximum absolute atomic E-state index is 12.1. The highest BCUT2D eigenvalue weighted by Crippen LogP contribution is 2.27. The predicted molar refractivity (Wildman–Crippen MR) is 107 cm³/mol. The first-order valence-electron chi connectivity index (χ1n) is 8.28. The van der Waals surface area contributed by atoms with Crippen molar-refractivity contribution in [2.45, 2.75) is 12.8 Å². The Labute approximate surface area is 179 Å². The Kier molecular flexibility index (Phi) is 7.90. The zero-order chi connectivity index (χ0) is 22.3. The number of carbonyl (C=O) groups excluding carboxylic acids is 2. The first-order chi connectivity index (χ1) is 14.2. The van der Waals surface area contributed by atoms with Gasteiger partial charge in [0.1, 0.15) is 5.75 Å². The zero-order valence-corrected chi connectivity index (χ0v) is 16.6. The van der Waals surface area contributed by atoms with Gasteiger partial charge in [-0.1, -0.05) is 23.2 Å². The number of benzene rings is 2. The molecule has 0 aliphatic carbocycles. The van der Waals surface area contributed by atoms with E-state index in [0.29, 0.717) is 22.2 Å². The lowest BCUT2D eigenvalue weighted by molar-refractivity contribution is -0.394. The number of halogens is 2. The Hall–Kier alpha value is -3.44. The maximum atomic E-state index is 12.1. The Balaban J connectivity index is 1.83. The Bertz CT molecular complexity index is 968. The van der Waals surface area contributed by atoms with Gasteiger partial charge in [0.05, 0.1) is 33.1 Å². The predicted octanol–water partition coefficient (Wildman–Crippen LogP) is 3.43. The topological polar surface area (TPSA) is 154 Å². The normalized spacial score (nSPS) is 10.2. The van der Waals surface area contributed by atoms with Gasteiger partial charge in [0.25, 0.3) is 17.3 Å². The van der Waals surface area contributed by atoms with E-state index in [1.165, 1.54) is 6.07 Å². The average molecular weight is 457 g/mol. The number of nitro benzene ring substituents is 2. The number of nitrogens with zero attached hydrogens (tertiary/aromatic N) is 2. The van der Waals surface area contributed by atoms with Crippen LogP contribution >= 0.6 is 23.2 Å². The number of hydrogen-bond acceptors (Lipinski definition) is 7. The largest absolute Gasteiger partial charge is 0.492 e. The third kappa shape index (κ3) is 6.57. The van der Waals surface area contributed by atoms with Crippen LogP contribution < -0.4 is 15.6 Å². The lowest BCUT2D eigenvalue weighted by atomic mass is 10.1. The van der Waals surface area contributed by atoms with Crippen LogP contribution in [0.2, 0.25) is 10.0 Å². The van der Waals surface area contributed by atoms with Gasteiger partial charge >= 0.3 is 0 Å². The van der Waals surface area contributed by atoms with E-state index in [2.05, 4.69) is 5.43 Å². The van der Waals surface area contributed by atoms with Gasteiger partial charge < -0.3 is 4.74 Å². The lowest BCUT2D eigenvalue weighted by Gasteiger charge is -2.09. The highest BCUT2D eigenvalue weighted by atomic mass is 35.5. The van der Waals surface area contributed by atoms with E-state index in [0.717, 1.165) is 18.2 Å². The van der Waals surface area contributed by atoms with Crippen LogP contribution in [0.3, 0.4) is 0 Å². The summed E-state index contributed by atoms with van der Waals surface area (Å²) in [6.45, 7) is 0.166. The molecule has 0 saturated heterocycles. The second-order valence-electron chi connectivity index (χ2n) is 5.78. The van der Waals surface area contributed by atoms with E-state index < -0.39 is 33.0 Å². The summed E-state index contributed by atoms with van der Waals surface area (Å²) >= 11 is 11.7. The summed E-state index contributed by atoms with van der Waals surface area (Å²) in [5.74, 6) is -1.10. The summed E-state index contributed by atoms with van der Waals surface area (Å²) in [5, 5.41) is 22.5. The fourth-order valence-corrected chi connectivity index (χ4v) is 2.67. The number of non-ortho nitro benzene ring substituents is 2. The van der Waals surface area contributed by atoms with Crippen molar-refractivity contribution in [1.82, 2.24) is 10.9 Å². The van der Waals surface area contributed by atoms with Gasteiger partial charge in [-0.15, -0.1) is 0 Å². The molecule has 0 saturated carbocycles. The van der Waals surface area contributed by atoms with Gasteiger partial charge in [-0.25, -0.2) is 0 Å². The summed E-state index contributed by atoms with van der Waals surface area (Å²) in [6.07, 6.45) is 0.281. The molecule has 2 aromatic carbocycles. The van der Waals surface area contributed by atoms with Crippen molar-refractivity contribution in [3.05, 3.63) is 72.2 Å². The maximum Gasteiger partial charge on any atom is 0.277 e. The quantitative estimate of drug-likeness (QED) is 0.350. The van der Waals surface area contributed by atoms with E-state index in [4.69, 9.17) is 27.9 Å². The van der Waals surface area contributed by atoms with Gasteiger partial charge in [0.2, 0.25) is 5.91 Å². The molecule has 13 heteroatoms. The minimum absolute atomic E-state index is 0.0133. The van der Waals surface area contributed by atoms with Crippen LogP contribution in [-0.4, -0.2) is 28.3 Å². The Morgan fingerprint density at radius 1 is 0.967 bits per heavy atom. The Morgan fingerprint density at radius 2 is 1.60 bits per heavy atom. The second kappa shape index (κ2) is 10.4. The van der Waals surface area contributed by atoms with E-state index in [9.17, 15) is 29.8 Å². The molecular formula is C17H14Cl2N4O7. The number of ether oxygens (including phenoxy) is 1. The van der Waals surface area contributed by atoms with Gasteiger partial charge in [-0.3, -0.25) is 40.7 Å². The first-order valence-corrected chi connectivity index (χ1v) is 9.04. The van der Waals surface area contributed by atoms with Crippen LogP contribution in [0, 0.1) is 20.2 Å². The smallest absolute Gasteiger partial charge is 0.277 e. The first kappa shape index (κ1) is 22.8. The van der Waals surface area contributed by atoms with Gasteiger partial charge in [0.15, 0.2) is 0 Å². The van der Waals surface area contributed by atoms with Crippen molar-refractivity contribution in [3.63, 3.8) is 0 Å². The van der Waals surface area contributed by atoms with E-state index >= 15 is 0 Å². The second-order valence-corrected chi connectivity index (χ2v) is 6.63. The molecule has 0 unspecified atom stereocenters. The summed E-state index contributed by atoms with van der Waals surface area (Å²) in [5.41, 5.74) is 2.56. The molecule has 2 N–H and O–H groups in total. The number of hydrogen-bond donors (Lipinski definition) is 2. The van der Waals surface area contributed by atoms with Crippen molar-refractivity contribution < 1.29 is 24.2 Å². The molecule has 2 aromatic rings. The van der Waals surface area contributed by atoms with Crippen molar-refractivity contribution in [2.75, 3.05) is 6.61 Å². The summed E-state index contributed by atoms with van der Waals surface area (Å²) in [4.78, 5) is 43.9. The van der Waals surface area contributed by atoms with Crippen LogP contribution in [0.4, 0.5) is 11.4 Å². The third-order valence-electron chi connectivity index (χ3n) is 3.60. The monoisotopic (exact) mass is 456 g/mol. The van der Waals surface area contributed by atoms with E-state index in [1.807, 2.05) is 5.43 Å². The van der Waals surface area contributed by atoms with Crippen molar-refractivity contribution in [1.29, 1.82) is 0 Å². The molecule has 0 aromatic heterocycles. The van der Waals surface area contributed by atoms with E-state index in [-0.39, 0.29) is 18.6 Å². The summed E-state index contributed by atoms with van der Waals surface area (Å²) in [6, 6.07) is 7.14. The van der Waals surface area contributed by atoms with Crippen LogP contribution in [0.15, 0.2) is 36.4 Å². The number of amides is 2. The van der Waals surface area contributed by atoms with Crippen LogP contribution in [0.25, 0.3) is 0 Å². The fraction of sp³-hybridized carbons (Fsp3) is 0.176. The summed E-state index contributed by atoms with van der Waals surface area (Å²) < 4.78 is 5.42. The number of rotatable bonds is 8. The molecule has 0 aliphatic heterocycles.